The number of rotatable bonds is 8. The van der Waals surface area contributed by atoms with E-state index in [9.17, 15) is 14.4 Å². The normalized spacial score (nSPS) is 20.7. The van der Waals surface area contributed by atoms with E-state index in [0.717, 1.165) is 13.0 Å². The smallest absolute Gasteiger partial charge is 0.261 e. The third kappa shape index (κ3) is 4.98. The number of nitrogens with zero attached hydrogens (tertiary/aromatic N) is 3. The summed E-state index contributed by atoms with van der Waals surface area (Å²) in [6, 6.07) is 16.2. The zero-order chi connectivity index (χ0) is 23.4. The van der Waals surface area contributed by atoms with Gasteiger partial charge < -0.3 is 4.74 Å². The van der Waals surface area contributed by atoms with Gasteiger partial charge in [-0.05, 0) is 37.2 Å². The van der Waals surface area contributed by atoms with Crippen LogP contribution in [0.5, 0.6) is 0 Å². The van der Waals surface area contributed by atoms with Crippen molar-refractivity contribution in [1.29, 1.82) is 0 Å². The number of ether oxygens (including phenoxy) is 1. The SMILES string of the molecule is CO[C@H]1CN(CCN2C(=O)c3ccccc3C2=O)CC[C@H]1CON(C(C)=O)c1ccccc1. The number of amides is 3. The zero-order valence-electron chi connectivity index (χ0n) is 19.0. The van der Waals surface area contributed by atoms with Crippen LogP contribution in [-0.4, -0.2) is 73.5 Å². The van der Waals surface area contributed by atoms with E-state index in [4.69, 9.17) is 9.57 Å². The lowest BCUT2D eigenvalue weighted by molar-refractivity contribution is -0.126. The number of carbonyl (C=O) groups is 3. The van der Waals surface area contributed by atoms with Crippen LogP contribution in [0.3, 0.4) is 0 Å². The molecule has 2 aromatic carbocycles. The molecule has 0 aromatic heterocycles. The Labute approximate surface area is 193 Å². The summed E-state index contributed by atoms with van der Waals surface area (Å²) < 4.78 is 5.72. The zero-order valence-corrected chi connectivity index (χ0v) is 19.0. The molecule has 0 aliphatic carbocycles. The summed E-state index contributed by atoms with van der Waals surface area (Å²) in [5, 5.41) is 1.32. The van der Waals surface area contributed by atoms with Crippen molar-refractivity contribution >= 4 is 23.4 Å². The van der Waals surface area contributed by atoms with Crippen LogP contribution in [0.2, 0.25) is 0 Å². The van der Waals surface area contributed by atoms with E-state index in [0.29, 0.717) is 43.1 Å². The second-order valence-corrected chi connectivity index (χ2v) is 8.38. The Morgan fingerprint density at radius 1 is 1.00 bits per heavy atom. The number of anilines is 1. The number of methoxy groups -OCH3 is 1. The van der Waals surface area contributed by atoms with E-state index in [1.807, 2.05) is 30.3 Å². The minimum atomic E-state index is -0.229. The fourth-order valence-electron chi connectivity index (χ4n) is 4.45. The van der Waals surface area contributed by atoms with Gasteiger partial charge in [0.2, 0.25) is 5.91 Å². The molecule has 8 heteroatoms. The van der Waals surface area contributed by atoms with E-state index in [2.05, 4.69) is 4.90 Å². The minimum Gasteiger partial charge on any atom is -0.380 e. The Morgan fingerprint density at radius 3 is 2.24 bits per heavy atom. The summed E-state index contributed by atoms with van der Waals surface area (Å²) in [5.74, 6) is -0.524. The third-order valence-electron chi connectivity index (χ3n) is 6.30. The fourth-order valence-corrected chi connectivity index (χ4v) is 4.45. The quantitative estimate of drug-likeness (QED) is 0.454. The van der Waals surface area contributed by atoms with Crippen LogP contribution in [0.15, 0.2) is 54.6 Å². The highest BCUT2D eigenvalue weighted by Gasteiger charge is 2.36. The first kappa shape index (κ1) is 23.1. The van der Waals surface area contributed by atoms with Crippen LogP contribution in [0.1, 0.15) is 34.1 Å². The van der Waals surface area contributed by atoms with Crippen LogP contribution in [0.25, 0.3) is 0 Å². The number of benzene rings is 2. The molecule has 8 nitrogen and oxygen atoms in total. The van der Waals surface area contributed by atoms with Crippen molar-refractivity contribution in [2.24, 2.45) is 5.92 Å². The van der Waals surface area contributed by atoms with Gasteiger partial charge in [0.05, 0.1) is 29.5 Å². The van der Waals surface area contributed by atoms with Gasteiger partial charge in [-0.15, -0.1) is 0 Å². The number of hydrogen-bond acceptors (Lipinski definition) is 6. The second-order valence-electron chi connectivity index (χ2n) is 8.38. The largest absolute Gasteiger partial charge is 0.380 e. The van der Waals surface area contributed by atoms with Crippen LogP contribution in [-0.2, 0) is 14.4 Å². The van der Waals surface area contributed by atoms with Gasteiger partial charge in [0.15, 0.2) is 0 Å². The van der Waals surface area contributed by atoms with E-state index in [-0.39, 0.29) is 29.7 Å². The first-order chi connectivity index (χ1) is 16.0. The van der Waals surface area contributed by atoms with Crippen molar-refractivity contribution in [2.75, 3.05) is 45.0 Å². The molecule has 174 valence electrons. The lowest BCUT2D eigenvalue weighted by atomic mass is 9.94. The number of imide groups is 1. The Kier molecular flexibility index (Phi) is 7.17. The van der Waals surface area contributed by atoms with Crippen molar-refractivity contribution in [2.45, 2.75) is 19.4 Å². The molecular weight excluding hydrogens is 422 g/mol. The highest BCUT2D eigenvalue weighted by Crippen LogP contribution is 2.25. The molecule has 2 atom stereocenters. The number of hydrogen-bond donors (Lipinski definition) is 0. The van der Waals surface area contributed by atoms with Crippen molar-refractivity contribution in [3.05, 3.63) is 65.7 Å². The molecule has 0 N–H and O–H groups in total. The summed E-state index contributed by atoms with van der Waals surface area (Å²) >= 11 is 0. The van der Waals surface area contributed by atoms with Gasteiger partial charge in [-0.2, -0.15) is 5.06 Å². The maximum absolute atomic E-state index is 12.6. The van der Waals surface area contributed by atoms with Crippen LogP contribution in [0, 0.1) is 5.92 Å². The number of fused-ring (bicyclic) bond motifs is 1. The van der Waals surface area contributed by atoms with Crippen molar-refractivity contribution in [3.63, 3.8) is 0 Å². The number of hydroxylamine groups is 1. The molecule has 0 unspecified atom stereocenters. The molecule has 0 saturated carbocycles. The Bertz CT molecular complexity index is 977. The van der Waals surface area contributed by atoms with E-state index >= 15 is 0 Å². The molecule has 1 saturated heterocycles. The fraction of sp³-hybridized carbons (Fsp3) is 0.400. The summed E-state index contributed by atoms with van der Waals surface area (Å²) in [6.07, 6.45) is 0.742. The molecule has 0 bridgehead atoms. The van der Waals surface area contributed by atoms with Crippen molar-refractivity contribution in [1.82, 2.24) is 9.80 Å². The van der Waals surface area contributed by atoms with Crippen LogP contribution < -0.4 is 5.06 Å². The van der Waals surface area contributed by atoms with Crippen molar-refractivity contribution < 1.29 is 24.0 Å². The molecule has 33 heavy (non-hydrogen) atoms. The molecule has 2 aliphatic rings. The minimum absolute atomic E-state index is 0.0782. The Balaban J connectivity index is 1.30. The van der Waals surface area contributed by atoms with Gasteiger partial charge in [0, 0.05) is 39.6 Å². The average molecular weight is 452 g/mol. The van der Waals surface area contributed by atoms with Crippen LogP contribution >= 0.6 is 0 Å². The highest BCUT2D eigenvalue weighted by molar-refractivity contribution is 6.21. The summed E-state index contributed by atoms with van der Waals surface area (Å²) in [7, 11) is 1.67. The lowest BCUT2D eigenvalue weighted by Crippen LogP contribution is -2.49. The Hall–Kier alpha value is -3.07. The topological polar surface area (TPSA) is 79.4 Å². The summed E-state index contributed by atoms with van der Waals surface area (Å²) in [5.41, 5.74) is 1.64. The highest BCUT2D eigenvalue weighted by atomic mass is 16.7. The molecule has 1 fully saturated rings. The van der Waals surface area contributed by atoms with Gasteiger partial charge in [-0.1, -0.05) is 30.3 Å². The lowest BCUT2D eigenvalue weighted by Gasteiger charge is -2.38. The maximum Gasteiger partial charge on any atom is 0.261 e. The summed E-state index contributed by atoms with van der Waals surface area (Å²) in [4.78, 5) is 46.7. The molecule has 2 aromatic rings. The number of likely N-dealkylation sites (tertiary alicyclic amines) is 1. The maximum atomic E-state index is 12.6. The predicted octanol–water partition coefficient (Wildman–Crippen LogP) is 2.60. The second kappa shape index (κ2) is 10.2. The van der Waals surface area contributed by atoms with Crippen LogP contribution in [0.4, 0.5) is 5.69 Å². The standard InChI is InChI=1S/C25H29N3O5/c1-18(29)28(20-8-4-3-5-9-20)33-17-19-12-13-26(16-23(19)32-2)14-15-27-24(30)21-10-6-7-11-22(21)25(27)31/h3-11,19,23H,12-17H2,1-2H3/t19-,23-/m0/s1. The van der Waals surface area contributed by atoms with Gasteiger partial charge in [0.1, 0.15) is 0 Å². The molecule has 0 radical (unpaired) electrons. The van der Waals surface area contributed by atoms with E-state index < -0.39 is 0 Å². The molecule has 2 heterocycles. The molecule has 4 rings (SSSR count). The van der Waals surface area contributed by atoms with E-state index in [1.54, 1.807) is 31.4 Å². The average Bonchev–Trinajstić information content (AvgIpc) is 3.08. The first-order valence-electron chi connectivity index (χ1n) is 11.2. The van der Waals surface area contributed by atoms with Gasteiger partial charge in [-0.25, -0.2) is 0 Å². The molecule has 3 amide bonds. The molecule has 0 spiro atoms. The van der Waals surface area contributed by atoms with Gasteiger partial charge in [0.25, 0.3) is 11.8 Å². The number of para-hydroxylation sites is 1. The Morgan fingerprint density at radius 2 is 1.64 bits per heavy atom. The third-order valence-corrected chi connectivity index (χ3v) is 6.30. The number of piperidine rings is 1. The first-order valence-corrected chi connectivity index (χ1v) is 11.2. The summed E-state index contributed by atoms with van der Waals surface area (Å²) in [6.45, 7) is 4.22. The monoisotopic (exact) mass is 451 g/mol. The van der Waals surface area contributed by atoms with Gasteiger partial charge >= 0.3 is 0 Å². The van der Waals surface area contributed by atoms with Gasteiger partial charge in [-0.3, -0.25) is 29.0 Å². The molecule has 2 aliphatic heterocycles. The predicted molar refractivity (Wildman–Crippen MR) is 123 cm³/mol. The van der Waals surface area contributed by atoms with Crippen molar-refractivity contribution in [3.8, 4) is 0 Å². The van der Waals surface area contributed by atoms with E-state index in [1.165, 1.54) is 16.9 Å². The molecular formula is C25H29N3O5. The number of carbonyl (C=O) groups excluding carboxylic acids is 3.